The van der Waals surface area contributed by atoms with E-state index in [2.05, 4.69) is 10.4 Å². The third-order valence-corrected chi connectivity index (χ3v) is 4.25. The number of aromatic nitrogens is 2. The van der Waals surface area contributed by atoms with Gasteiger partial charge in [-0.3, -0.25) is 9.48 Å². The smallest absolute Gasteiger partial charge is 0.287 e. The van der Waals surface area contributed by atoms with E-state index in [-0.39, 0.29) is 24.8 Å². The predicted molar refractivity (Wildman–Crippen MR) is 98.6 cm³/mol. The Bertz CT molecular complexity index is 905. The topological polar surface area (TPSA) is 69.3 Å². The number of amides is 1. The molecule has 0 aliphatic rings. The minimum Gasteiger partial charge on any atom is -0.484 e. The Morgan fingerprint density at radius 1 is 1.23 bits per heavy atom. The average Bonchev–Trinajstić information content (AvgIpc) is 3.25. The number of benzene rings is 1. The summed E-state index contributed by atoms with van der Waals surface area (Å²) in [5.74, 6) is 0.908. The van der Waals surface area contributed by atoms with Crippen LogP contribution in [0.3, 0.4) is 0 Å². The van der Waals surface area contributed by atoms with Crippen LogP contribution < -0.4 is 10.1 Å². The van der Waals surface area contributed by atoms with Crippen LogP contribution in [0.5, 0.6) is 5.75 Å². The first-order valence-electron chi connectivity index (χ1n) is 8.03. The maximum atomic E-state index is 12.2. The lowest BCUT2D eigenvalue weighted by atomic mass is 10.3. The molecule has 136 valence electrons. The number of hydrogen-bond acceptors (Lipinski definition) is 4. The highest BCUT2D eigenvalue weighted by Crippen LogP contribution is 2.24. The van der Waals surface area contributed by atoms with Crippen LogP contribution in [0.25, 0.3) is 0 Å². The van der Waals surface area contributed by atoms with Crippen LogP contribution >= 0.6 is 23.2 Å². The van der Waals surface area contributed by atoms with Gasteiger partial charge in [-0.1, -0.05) is 35.3 Å². The van der Waals surface area contributed by atoms with Crippen molar-refractivity contribution in [1.29, 1.82) is 0 Å². The largest absolute Gasteiger partial charge is 0.484 e. The SMILES string of the molecule is CCn1cc(Cl)c(CNC(=O)c2ccc(COc3ccccc3Cl)o2)n1. The molecule has 3 rings (SSSR count). The van der Waals surface area contributed by atoms with Crippen molar-refractivity contribution in [3.63, 3.8) is 0 Å². The quantitative estimate of drug-likeness (QED) is 0.648. The molecule has 0 aliphatic carbocycles. The molecule has 0 atom stereocenters. The highest BCUT2D eigenvalue weighted by atomic mass is 35.5. The monoisotopic (exact) mass is 393 g/mol. The number of hydrogen-bond donors (Lipinski definition) is 1. The van der Waals surface area contributed by atoms with Crippen molar-refractivity contribution in [2.24, 2.45) is 0 Å². The van der Waals surface area contributed by atoms with Gasteiger partial charge in [-0.05, 0) is 31.2 Å². The fourth-order valence-corrected chi connectivity index (χ4v) is 2.67. The van der Waals surface area contributed by atoms with E-state index in [9.17, 15) is 4.79 Å². The van der Waals surface area contributed by atoms with Gasteiger partial charge in [-0.2, -0.15) is 5.10 Å². The summed E-state index contributed by atoms with van der Waals surface area (Å²) < 4.78 is 12.8. The molecule has 0 spiro atoms. The summed E-state index contributed by atoms with van der Waals surface area (Å²) in [6, 6.07) is 10.4. The molecule has 1 aromatic carbocycles. The molecule has 3 aromatic rings. The van der Waals surface area contributed by atoms with E-state index in [1.807, 2.05) is 19.1 Å². The number of ether oxygens (including phenoxy) is 1. The van der Waals surface area contributed by atoms with Crippen LogP contribution in [0.1, 0.15) is 28.9 Å². The fourth-order valence-electron chi connectivity index (χ4n) is 2.26. The normalized spacial score (nSPS) is 10.7. The summed E-state index contributed by atoms with van der Waals surface area (Å²) in [6.07, 6.45) is 1.72. The molecule has 0 unspecified atom stereocenters. The van der Waals surface area contributed by atoms with E-state index in [0.29, 0.717) is 33.8 Å². The molecule has 0 saturated carbocycles. The first-order valence-corrected chi connectivity index (χ1v) is 8.78. The van der Waals surface area contributed by atoms with Gasteiger partial charge in [0.25, 0.3) is 5.91 Å². The van der Waals surface area contributed by atoms with Crippen LogP contribution in [0, 0.1) is 0 Å². The van der Waals surface area contributed by atoms with Crippen molar-refractivity contribution in [1.82, 2.24) is 15.1 Å². The van der Waals surface area contributed by atoms with Gasteiger partial charge >= 0.3 is 0 Å². The van der Waals surface area contributed by atoms with Gasteiger partial charge < -0.3 is 14.5 Å². The van der Waals surface area contributed by atoms with Crippen LogP contribution in [0.15, 0.2) is 47.0 Å². The molecule has 0 fully saturated rings. The Kier molecular flexibility index (Phi) is 5.85. The zero-order valence-electron chi connectivity index (χ0n) is 14.0. The second kappa shape index (κ2) is 8.29. The summed E-state index contributed by atoms with van der Waals surface area (Å²) >= 11 is 12.1. The minimum absolute atomic E-state index is 0.170. The molecule has 26 heavy (non-hydrogen) atoms. The molecule has 2 aromatic heterocycles. The number of carbonyl (C=O) groups is 1. The van der Waals surface area contributed by atoms with Crippen molar-refractivity contribution in [2.45, 2.75) is 26.6 Å². The fraction of sp³-hybridized carbons (Fsp3) is 0.222. The van der Waals surface area contributed by atoms with Crippen molar-refractivity contribution in [2.75, 3.05) is 0 Å². The van der Waals surface area contributed by atoms with Crippen molar-refractivity contribution in [3.8, 4) is 5.75 Å². The summed E-state index contributed by atoms with van der Waals surface area (Å²) in [5.41, 5.74) is 0.607. The molecule has 1 amide bonds. The lowest BCUT2D eigenvalue weighted by molar-refractivity contribution is 0.0918. The predicted octanol–water partition coefficient (Wildman–Crippen LogP) is 4.31. The Hall–Kier alpha value is -2.44. The molecule has 0 radical (unpaired) electrons. The lowest BCUT2D eigenvalue weighted by Gasteiger charge is -2.05. The zero-order valence-corrected chi connectivity index (χ0v) is 15.5. The molecule has 2 heterocycles. The number of rotatable bonds is 7. The van der Waals surface area contributed by atoms with Gasteiger partial charge in [0.15, 0.2) is 5.76 Å². The van der Waals surface area contributed by atoms with Crippen LogP contribution in [0.4, 0.5) is 0 Å². The van der Waals surface area contributed by atoms with Gasteiger partial charge in [-0.25, -0.2) is 0 Å². The van der Waals surface area contributed by atoms with Gasteiger partial charge in [0.1, 0.15) is 23.8 Å². The Morgan fingerprint density at radius 3 is 2.77 bits per heavy atom. The Labute approximate surface area is 160 Å². The molecule has 0 aliphatic heterocycles. The van der Waals surface area contributed by atoms with E-state index in [1.165, 1.54) is 0 Å². The second-order valence-corrected chi connectivity index (χ2v) is 6.26. The standard InChI is InChI=1S/C18H17Cl2N3O3/c1-2-23-10-14(20)15(22-23)9-21-18(24)17-8-7-12(26-17)11-25-16-6-4-3-5-13(16)19/h3-8,10H,2,9,11H2,1H3,(H,21,24). The average molecular weight is 394 g/mol. The zero-order chi connectivity index (χ0) is 18.5. The lowest BCUT2D eigenvalue weighted by Crippen LogP contribution is -2.22. The maximum absolute atomic E-state index is 12.2. The van der Waals surface area contributed by atoms with E-state index in [0.717, 1.165) is 0 Å². The summed E-state index contributed by atoms with van der Waals surface area (Å²) in [4.78, 5) is 12.2. The number of halogens is 2. The van der Waals surface area contributed by atoms with E-state index < -0.39 is 0 Å². The summed E-state index contributed by atoms with van der Waals surface area (Å²) in [6.45, 7) is 3.06. The number of nitrogens with one attached hydrogen (secondary N) is 1. The van der Waals surface area contributed by atoms with Crippen molar-refractivity contribution in [3.05, 3.63) is 69.9 Å². The highest BCUT2D eigenvalue weighted by Gasteiger charge is 2.14. The Morgan fingerprint density at radius 2 is 2.04 bits per heavy atom. The van der Waals surface area contributed by atoms with Crippen LogP contribution in [-0.4, -0.2) is 15.7 Å². The van der Waals surface area contributed by atoms with Crippen LogP contribution in [-0.2, 0) is 19.7 Å². The molecule has 1 N–H and O–H groups in total. The molecule has 0 saturated heterocycles. The van der Waals surface area contributed by atoms with Gasteiger partial charge in [-0.15, -0.1) is 0 Å². The molecular weight excluding hydrogens is 377 g/mol. The molecule has 0 bridgehead atoms. The van der Waals surface area contributed by atoms with Crippen molar-refractivity contribution < 1.29 is 13.9 Å². The van der Waals surface area contributed by atoms with Gasteiger partial charge in [0.05, 0.1) is 16.6 Å². The third kappa shape index (κ3) is 4.39. The molecule has 8 heteroatoms. The molecular formula is C18H17Cl2N3O3. The van der Waals surface area contributed by atoms with Gasteiger partial charge in [0.2, 0.25) is 0 Å². The number of para-hydroxylation sites is 1. The summed E-state index contributed by atoms with van der Waals surface area (Å²) in [5, 5.41) is 8.04. The minimum atomic E-state index is -0.351. The highest BCUT2D eigenvalue weighted by molar-refractivity contribution is 6.32. The molecule has 6 nitrogen and oxygen atoms in total. The number of furan rings is 1. The number of carbonyl (C=O) groups excluding carboxylic acids is 1. The third-order valence-electron chi connectivity index (χ3n) is 3.62. The van der Waals surface area contributed by atoms with Crippen LogP contribution in [0.2, 0.25) is 10.0 Å². The van der Waals surface area contributed by atoms with E-state index in [4.69, 9.17) is 32.4 Å². The van der Waals surface area contributed by atoms with Crippen molar-refractivity contribution >= 4 is 29.1 Å². The van der Waals surface area contributed by atoms with E-state index >= 15 is 0 Å². The second-order valence-electron chi connectivity index (χ2n) is 5.45. The number of aryl methyl sites for hydroxylation is 1. The Balaban J connectivity index is 1.56. The maximum Gasteiger partial charge on any atom is 0.287 e. The first-order chi connectivity index (χ1) is 12.6. The van der Waals surface area contributed by atoms with E-state index in [1.54, 1.807) is 35.1 Å². The first kappa shape index (κ1) is 18.4. The van der Waals surface area contributed by atoms with Gasteiger partial charge in [0, 0.05) is 12.7 Å². The number of nitrogens with zero attached hydrogens (tertiary/aromatic N) is 2. The summed E-state index contributed by atoms with van der Waals surface area (Å²) in [7, 11) is 0.